The number of hydrogen-bond acceptors (Lipinski definition) is 2. The lowest BCUT2D eigenvalue weighted by Crippen LogP contribution is -2.12. The first-order valence-corrected chi connectivity index (χ1v) is 4.36. The zero-order chi connectivity index (χ0) is 8.55. The molecule has 12 heavy (non-hydrogen) atoms. The van der Waals surface area contributed by atoms with Gasteiger partial charge in [-0.2, -0.15) is 0 Å². The van der Waals surface area contributed by atoms with E-state index in [4.69, 9.17) is 0 Å². The molecule has 1 aromatic rings. The zero-order valence-electron chi connectivity index (χ0n) is 7.17. The van der Waals surface area contributed by atoms with Crippen molar-refractivity contribution in [3.05, 3.63) is 29.3 Å². The lowest BCUT2D eigenvalue weighted by Gasteiger charge is -2.01. The van der Waals surface area contributed by atoms with Crippen molar-refractivity contribution in [1.29, 1.82) is 0 Å². The Balaban J connectivity index is 2.35. The molecule has 0 saturated heterocycles. The van der Waals surface area contributed by atoms with Crippen molar-refractivity contribution in [3.8, 4) is 0 Å². The van der Waals surface area contributed by atoms with Gasteiger partial charge >= 0.3 is 0 Å². The molecule has 0 fully saturated rings. The topological polar surface area (TPSA) is 32.3 Å². The molecule has 1 unspecified atom stereocenters. The Labute approximate surface area is 72.2 Å². The minimum atomic E-state index is -0.382. The Morgan fingerprint density at radius 2 is 2.42 bits per heavy atom. The molecule has 2 nitrogen and oxygen atoms in total. The van der Waals surface area contributed by atoms with E-state index in [2.05, 4.69) is 24.4 Å². The number of nitrogens with one attached hydrogen (secondary N) is 1. The third-order valence-electron chi connectivity index (χ3n) is 2.31. The van der Waals surface area contributed by atoms with E-state index in [-0.39, 0.29) is 6.23 Å². The van der Waals surface area contributed by atoms with Crippen LogP contribution in [0.2, 0.25) is 0 Å². The molecule has 1 atom stereocenters. The van der Waals surface area contributed by atoms with E-state index in [0.717, 1.165) is 18.5 Å². The quantitative estimate of drug-likeness (QED) is 0.658. The molecule has 0 aliphatic carbocycles. The zero-order valence-corrected chi connectivity index (χ0v) is 7.17. The summed E-state index contributed by atoms with van der Waals surface area (Å²) in [5.74, 6) is 0. The normalized spacial score (nSPS) is 20.3. The highest BCUT2D eigenvalue weighted by molar-refractivity contribution is 5.57. The van der Waals surface area contributed by atoms with Crippen LogP contribution >= 0.6 is 0 Å². The van der Waals surface area contributed by atoms with Gasteiger partial charge in [-0.25, -0.2) is 0 Å². The summed E-state index contributed by atoms with van der Waals surface area (Å²) in [6, 6.07) is 6.31. The molecule has 0 amide bonds. The Hall–Kier alpha value is -1.02. The second-order valence-electron chi connectivity index (χ2n) is 3.21. The molecular formula is C10H13NO. The number of aliphatic hydroxyl groups is 1. The van der Waals surface area contributed by atoms with Crippen molar-refractivity contribution in [3.63, 3.8) is 0 Å². The fraction of sp³-hybridized carbons (Fsp3) is 0.400. The summed E-state index contributed by atoms with van der Waals surface area (Å²) in [7, 11) is 0. The van der Waals surface area contributed by atoms with E-state index in [1.54, 1.807) is 0 Å². The van der Waals surface area contributed by atoms with Crippen LogP contribution in [0.5, 0.6) is 0 Å². The number of aliphatic hydroxyl groups excluding tert-OH is 1. The van der Waals surface area contributed by atoms with Crippen molar-refractivity contribution in [2.24, 2.45) is 0 Å². The van der Waals surface area contributed by atoms with Gasteiger partial charge in [0.25, 0.3) is 0 Å². The second-order valence-corrected chi connectivity index (χ2v) is 3.21. The summed E-state index contributed by atoms with van der Waals surface area (Å²) in [5, 5.41) is 12.3. The molecule has 1 aromatic carbocycles. The SMILES string of the molecule is CCc1ccc2c(c1)CC(O)N2. The highest BCUT2D eigenvalue weighted by Gasteiger charge is 2.17. The number of aryl methyl sites for hydroxylation is 1. The van der Waals surface area contributed by atoms with Gasteiger partial charge in [-0.15, -0.1) is 0 Å². The molecule has 0 radical (unpaired) electrons. The predicted molar refractivity (Wildman–Crippen MR) is 49.2 cm³/mol. The van der Waals surface area contributed by atoms with Crippen LogP contribution < -0.4 is 5.32 Å². The van der Waals surface area contributed by atoms with E-state index in [0.29, 0.717) is 0 Å². The minimum absolute atomic E-state index is 0.382. The maximum atomic E-state index is 9.30. The average molecular weight is 163 g/mol. The lowest BCUT2D eigenvalue weighted by atomic mass is 10.1. The van der Waals surface area contributed by atoms with E-state index in [1.165, 1.54) is 11.1 Å². The van der Waals surface area contributed by atoms with Gasteiger partial charge in [-0.3, -0.25) is 0 Å². The van der Waals surface area contributed by atoms with Crippen molar-refractivity contribution >= 4 is 5.69 Å². The van der Waals surface area contributed by atoms with Crippen LogP contribution in [0.25, 0.3) is 0 Å². The van der Waals surface area contributed by atoms with E-state index >= 15 is 0 Å². The molecule has 0 aromatic heterocycles. The minimum Gasteiger partial charge on any atom is -0.373 e. The molecular weight excluding hydrogens is 150 g/mol. The standard InChI is InChI=1S/C10H13NO/c1-2-7-3-4-9-8(5-7)6-10(12)11-9/h3-5,10-12H,2,6H2,1H3. The smallest absolute Gasteiger partial charge is 0.128 e. The van der Waals surface area contributed by atoms with Gasteiger partial charge in [0.2, 0.25) is 0 Å². The molecule has 1 heterocycles. The molecule has 1 aliphatic heterocycles. The highest BCUT2D eigenvalue weighted by Crippen LogP contribution is 2.25. The molecule has 0 bridgehead atoms. The average Bonchev–Trinajstić information content (AvgIpc) is 2.43. The summed E-state index contributed by atoms with van der Waals surface area (Å²) in [4.78, 5) is 0. The van der Waals surface area contributed by atoms with Crippen LogP contribution in [-0.4, -0.2) is 11.3 Å². The summed E-state index contributed by atoms with van der Waals surface area (Å²) in [6.45, 7) is 2.14. The monoisotopic (exact) mass is 163 g/mol. The van der Waals surface area contributed by atoms with Crippen molar-refractivity contribution < 1.29 is 5.11 Å². The number of hydrogen-bond donors (Lipinski definition) is 2. The number of benzene rings is 1. The number of rotatable bonds is 1. The van der Waals surface area contributed by atoms with Gasteiger partial charge in [0.1, 0.15) is 6.23 Å². The molecule has 0 saturated carbocycles. The van der Waals surface area contributed by atoms with Crippen LogP contribution in [0.1, 0.15) is 18.1 Å². The van der Waals surface area contributed by atoms with Crippen LogP contribution in [0, 0.1) is 0 Å². The number of anilines is 1. The van der Waals surface area contributed by atoms with Crippen molar-refractivity contribution in [2.75, 3.05) is 5.32 Å². The van der Waals surface area contributed by atoms with Gasteiger partial charge in [0, 0.05) is 12.1 Å². The maximum Gasteiger partial charge on any atom is 0.128 e. The van der Waals surface area contributed by atoms with Gasteiger partial charge in [-0.05, 0) is 23.6 Å². The third-order valence-corrected chi connectivity index (χ3v) is 2.31. The molecule has 2 rings (SSSR count). The fourth-order valence-corrected chi connectivity index (χ4v) is 1.62. The third kappa shape index (κ3) is 1.18. The Morgan fingerprint density at radius 3 is 3.17 bits per heavy atom. The molecule has 0 spiro atoms. The lowest BCUT2D eigenvalue weighted by molar-refractivity contribution is 0.212. The first-order valence-electron chi connectivity index (χ1n) is 4.36. The van der Waals surface area contributed by atoms with Crippen LogP contribution in [0.15, 0.2) is 18.2 Å². The van der Waals surface area contributed by atoms with E-state index < -0.39 is 0 Å². The molecule has 1 aliphatic rings. The fourth-order valence-electron chi connectivity index (χ4n) is 1.62. The van der Waals surface area contributed by atoms with Gasteiger partial charge < -0.3 is 10.4 Å². The molecule has 2 N–H and O–H groups in total. The van der Waals surface area contributed by atoms with E-state index in [9.17, 15) is 5.11 Å². The number of fused-ring (bicyclic) bond motifs is 1. The largest absolute Gasteiger partial charge is 0.373 e. The van der Waals surface area contributed by atoms with Crippen molar-refractivity contribution in [1.82, 2.24) is 0 Å². The predicted octanol–water partition coefficient (Wildman–Crippen LogP) is 1.54. The summed E-state index contributed by atoms with van der Waals surface area (Å²) >= 11 is 0. The van der Waals surface area contributed by atoms with Crippen LogP contribution in [0.3, 0.4) is 0 Å². The Bertz CT molecular complexity index is 296. The van der Waals surface area contributed by atoms with Crippen LogP contribution in [0.4, 0.5) is 5.69 Å². The first kappa shape index (κ1) is 7.62. The van der Waals surface area contributed by atoms with Crippen molar-refractivity contribution in [2.45, 2.75) is 26.0 Å². The maximum absolute atomic E-state index is 9.30. The van der Waals surface area contributed by atoms with Gasteiger partial charge in [0.15, 0.2) is 0 Å². The summed E-state index contributed by atoms with van der Waals surface area (Å²) in [5.41, 5.74) is 3.66. The highest BCUT2D eigenvalue weighted by atomic mass is 16.3. The van der Waals surface area contributed by atoms with E-state index in [1.807, 2.05) is 6.07 Å². The second kappa shape index (κ2) is 2.79. The molecule has 2 heteroatoms. The Kier molecular flexibility index (Phi) is 1.77. The van der Waals surface area contributed by atoms with Gasteiger partial charge in [0.05, 0.1) is 0 Å². The first-order chi connectivity index (χ1) is 5.79. The summed E-state index contributed by atoms with van der Waals surface area (Å²) in [6.07, 6.45) is 1.42. The van der Waals surface area contributed by atoms with Crippen LogP contribution in [-0.2, 0) is 12.8 Å². The van der Waals surface area contributed by atoms with Gasteiger partial charge in [-0.1, -0.05) is 19.1 Å². The Morgan fingerprint density at radius 1 is 1.58 bits per heavy atom. The summed E-state index contributed by atoms with van der Waals surface area (Å²) < 4.78 is 0. The molecule has 64 valence electrons.